The smallest absolute Gasteiger partial charge is 0.259 e. The van der Waals surface area contributed by atoms with Crippen molar-refractivity contribution in [2.45, 2.75) is 39.5 Å². The number of hydrazine groups is 1. The summed E-state index contributed by atoms with van der Waals surface area (Å²) in [6.07, 6.45) is 0. The van der Waals surface area contributed by atoms with Gasteiger partial charge in [0.2, 0.25) is 51.5 Å². The predicted molar refractivity (Wildman–Crippen MR) is 146 cm³/mol. The number of para-hydroxylation sites is 1. The van der Waals surface area contributed by atoms with Crippen LogP contribution in [0.3, 0.4) is 0 Å². The van der Waals surface area contributed by atoms with Crippen LogP contribution in [0.15, 0.2) is 59.5 Å². The molecular weight excluding hydrogens is 556 g/mol. The van der Waals surface area contributed by atoms with Crippen LogP contribution in [0.1, 0.15) is 34.6 Å². The van der Waals surface area contributed by atoms with Crippen molar-refractivity contribution in [3.63, 3.8) is 0 Å². The normalized spacial score (nSPS) is 10.9. The Labute approximate surface area is 235 Å². The minimum absolute atomic E-state index is 0.0893. The van der Waals surface area contributed by atoms with Gasteiger partial charge in [0.25, 0.3) is 5.95 Å². The van der Waals surface area contributed by atoms with Crippen LogP contribution in [0.4, 0.5) is 29.2 Å². The molecule has 2 N–H and O–H groups in total. The minimum Gasteiger partial charge on any atom is -0.274 e. The van der Waals surface area contributed by atoms with E-state index in [1.54, 1.807) is 30.3 Å². The Balaban J connectivity index is 2.37. The van der Waals surface area contributed by atoms with Crippen molar-refractivity contribution >= 4 is 68.8 Å². The average Bonchev–Trinajstić information content (AvgIpc) is 2.86. The number of hydrogen-bond donors (Lipinski definition) is 1. The number of carbonyl (C=O) groups is 5. The lowest BCUT2D eigenvalue weighted by Gasteiger charge is -2.30. The Bertz CT molecular complexity index is 1620. The van der Waals surface area contributed by atoms with Gasteiger partial charge in [0.15, 0.2) is 0 Å². The second-order valence-electron chi connectivity index (χ2n) is 8.50. The molecule has 214 valence electrons. The first-order chi connectivity index (χ1) is 19.1. The largest absolute Gasteiger partial charge is 0.274 e. The monoisotopic (exact) mass is 582 g/mol. The number of sulfonamides is 1. The van der Waals surface area contributed by atoms with Crippen molar-refractivity contribution < 1.29 is 32.4 Å². The van der Waals surface area contributed by atoms with Crippen LogP contribution in [0, 0.1) is 0 Å². The first-order valence-electron chi connectivity index (χ1n) is 11.8. The second-order valence-corrected chi connectivity index (χ2v) is 10.1. The topological polar surface area (TPSA) is 197 Å². The molecule has 0 aliphatic heterocycles. The molecule has 0 aliphatic rings. The molecule has 1 heterocycles. The molecule has 0 radical (unpaired) electrons. The van der Waals surface area contributed by atoms with E-state index in [0.717, 1.165) is 49.6 Å². The number of nitrogens with zero attached hydrogens (tertiary/aromatic N) is 7. The minimum atomic E-state index is -4.04. The Morgan fingerprint density at radius 2 is 1.00 bits per heavy atom. The summed E-state index contributed by atoms with van der Waals surface area (Å²) in [6, 6.07) is 13.0. The number of carbonyl (C=O) groups excluding carboxylic acids is 5. The molecule has 0 saturated heterocycles. The highest BCUT2D eigenvalue weighted by Crippen LogP contribution is 2.30. The van der Waals surface area contributed by atoms with Crippen molar-refractivity contribution in [1.29, 1.82) is 0 Å². The number of rotatable bonds is 6. The molecule has 0 atom stereocenters. The summed E-state index contributed by atoms with van der Waals surface area (Å²) in [7, 11) is -4.04. The van der Waals surface area contributed by atoms with E-state index < -0.39 is 51.5 Å². The van der Waals surface area contributed by atoms with Gasteiger partial charge in [0.05, 0.1) is 16.3 Å². The third kappa shape index (κ3) is 6.74. The number of aromatic nitrogens is 3. The molecule has 0 bridgehead atoms. The molecule has 16 heteroatoms. The van der Waals surface area contributed by atoms with E-state index in [9.17, 15) is 32.4 Å². The molecule has 3 rings (SSSR count). The zero-order chi connectivity index (χ0) is 30.6. The molecule has 3 aromatic rings. The fourth-order valence-electron chi connectivity index (χ4n) is 3.75. The Morgan fingerprint density at radius 1 is 0.585 bits per heavy atom. The Morgan fingerprint density at radius 3 is 1.37 bits per heavy atom. The van der Waals surface area contributed by atoms with Crippen molar-refractivity contribution in [1.82, 2.24) is 20.0 Å². The van der Waals surface area contributed by atoms with E-state index in [1.807, 2.05) is 0 Å². The maximum absolute atomic E-state index is 12.9. The summed E-state index contributed by atoms with van der Waals surface area (Å²) < 4.78 is 23.4. The lowest BCUT2D eigenvalue weighted by Crippen LogP contribution is -2.52. The van der Waals surface area contributed by atoms with Crippen molar-refractivity contribution in [3.05, 3.63) is 54.6 Å². The van der Waals surface area contributed by atoms with Crippen molar-refractivity contribution in [3.8, 4) is 0 Å². The van der Waals surface area contributed by atoms with Crippen LogP contribution in [0.2, 0.25) is 0 Å². The first kappa shape index (κ1) is 30.5. The summed E-state index contributed by atoms with van der Waals surface area (Å²) in [5, 5.41) is 6.25. The van der Waals surface area contributed by atoms with E-state index in [-0.39, 0.29) is 16.5 Å². The SMILES string of the molecule is CC(=O)N(c1ccccc1)c1nc(N(C(C)=O)c2ccc(S(N)(=O)=O)cc2)nc(N(C(C)=O)N(C(C)=O)C(C)=O)n1. The number of amides is 5. The summed E-state index contributed by atoms with van der Waals surface area (Å²) in [6.45, 7) is 5.53. The third-order valence-corrected chi connectivity index (χ3v) is 6.28. The lowest BCUT2D eigenvalue weighted by atomic mass is 10.3. The van der Waals surface area contributed by atoms with E-state index in [4.69, 9.17) is 5.14 Å². The maximum Gasteiger partial charge on any atom is 0.259 e. The van der Waals surface area contributed by atoms with Gasteiger partial charge in [-0.3, -0.25) is 24.0 Å². The number of hydrogen-bond acceptors (Lipinski definition) is 10. The van der Waals surface area contributed by atoms with Crippen LogP contribution in [0.25, 0.3) is 0 Å². The number of nitrogens with two attached hydrogens (primary N) is 1. The van der Waals surface area contributed by atoms with Gasteiger partial charge in [-0.15, -0.1) is 0 Å². The summed E-state index contributed by atoms with van der Waals surface area (Å²) in [4.78, 5) is 77.7. The fraction of sp³-hybridized carbons (Fsp3) is 0.200. The van der Waals surface area contributed by atoms with Crippen LogP contribution in [0.5, 0.6) is 0 Å². The van der Waals surface area contributed by atoms with Crippen LogP contribution >= 0.6 is 0 Å². The summed E-state index contributed by atoms with van der Waals surface area (Å²) >= 11 is 0. The fourth-order valence-corrected chi connectivity index (χ4v) is 4.27. The molecule has 1 aromatic heterocycles. The highest BCUT2D eigenvalue weighted by atomic mass is 32.2. The van der Waals surface area contributed by atoms with Crippen LogP contribution < -0.4 is 19.9 Å². The second kappa shape index (κ2) is 12.0. The molecule has 0 saturated carbocycles. The van der Waals surface area contributed by atoms with Crippen LogP contribution in [-0.4, -0.2) is 57.9 Å². The number of primary sulfonamides is 1. The summed E-state index contributed by atoms with van der Waals surface area (Å²) in [5.74, 6) is -5.08. The Hall–Kier alpha value is -5.09. The van der Waals surface area contributed by atoms with Crippen molar-refractivity contribution in [2.75, 3.05) is 14.8 Å². The van der Waals surface area contributed by atoms with Gasteiger partial charge >= 0.3 is 0 Å². The molecule has 0 fully saturated rings. The highest BCUT2D eigenvalue weighted by Gasteiger charge is 2.32. The maximum atomic E-state index is 12.9. The molecule has 15 nitrogen and oxygen atoms in total. The molecule has 0 unspecified atom stereocenters. The van der Waals surface area contributed by atoms with E-state index in [2.05, 4.69) is 15.0 Å². The zero-order valence-corrected chi connectivity index (χ0v) is 23.5. The predicted octanol–water partition coefficient (Wildman–Crippen LogP) is 1.55. The molecule has 5 amide bonds. The molecule has 41 heavy (non-hydrogen) atoms. The third-order valence-electron chi connectivity index (χ3n) is 5.35. The molecule has 2 aromatic carbocycles. The van der Waals surface area contributed by atoms with Gasteiger partial charge in [-0.05, 0) is 36.4 Å². The summed E-state index contributed by atoms with van der Waals surface area (Å²) in [5.41, 5.74) is 0.408. The van der Waals surface area contributed by atoms with E-state index in [1.165, 1.54) is 19.1 Å². The Kier molecular flexibility index (Phi) is 8.89. The van der Waals surface area contributed by atoms with Gasteiger partial charge in [-0.25, -0.2) is 23.4 Å². The lowest BCUT2D eigenvalue weighted by molar-refractivity contribution is -0.146. The molecule has 0 spiro atoms. The van der Waals surface area contributed by atoms with Gasteiger partial charge in [0.1, 0.15) is 0 Å². The highest BCUT2D eigenvalue weighted by molar-refractivity contribution is 7.89. The standard InChI is InChI=1S/C25H26N8O7S/c1-15(34)30(20-9-7-6-8-10-20)23-27-24(29-25(28-23)33(19(5)38)32(17(3)36)18(4)37)31(16(2)35)21-11-13-22(14-12-21)41(26,39)40/h6-14H,1-5H3,(H2,26,39,40). The molecular formula is C25H26N8O7S. The van der Waals surface area contributed by atoms with Crippen molar-refractivity contribution in [2.24, 2.45) is 5.14 Å². The van der Waals surface area contributed by atoms with Gasteiger partial charge in [-0.2, -0.15) is 25.0 Å². The van der Waals surface area contributed by atoms with E-state index in [0.29, 0.717) is 15.7 Å². The van der Waals surface area contributed by atoms with Gasteiger partial charge in [-0.1, -0.05) is 18.2 Å². The number of benzene rings is 2. The molecule has 0 aliphatic carbocycles. The first-order valence-corrected chi connectivity index (χ1v) is 13.3. The average molecular weight is 583 g/mol. The van der Waals surface area contributed by atoms with E-state index >= 15 is 0 Å². The zero-order valence-electron chi connectivity index (χ0n) is 22.7. The number of anilines is 5. The quantitative estimate of drug-likeness (QED) is 0.416. The number of imide groups is 1. The van der Waals surface area contributed by atoms with Gasteiger partial charge < -0.3 is 0 Å². The van der Waals surface area contributed by atoms with Crippen LogP contribution in [-0.2, 0) is 34.0 Å². The van der Waals surface area contributed by atoms with Gasteiger partial charge in [0, 0.05) is 34.6 Å².